The number of rotatable bonds is 3. The Kier molecular flexibility index (Phi) is 3.99. The van der Waals surface area contributed by atoms with E-state index in [1.807, 2.05) is 6.07 Å². The molecule has 6 heteroatoms. The lowest BCUT2D eigenvalue weighted by molar-refractivity contribution is 0.682. The fourth-order valence-electron chi connectivity index (χ4n) is 1.50. The number of benzene rings is 2. The van der Waals surface area contributed by atoms with Crippen LogP contribution >= 0.6 is 11.6 Å². The number of hydrogen-bond acceptors (Lipinski definition) is 2. The molecule has 0 heterocycles. The quantitative estimate of drug-likeness (QED) is 0.600. The highest BCUT2D eigenvalue weighted by Gasteiger charge is 2.04. The molecule has 0 amide bonds. The van der Waals surface area contributed by atoms with Gasteiger partial charge in [-0.1, -0.05) is 17.7 Å². The SMILES string of the molecule is Nc1cccc(NC=S(N)(=O)c2ccc(Cl)cc2)c1. The molecular formula is C13H14ClN3OS. The number of hydrogen-bond donors (Lipinski definition) is 3. The summed E-state index contributed by atoms with van der Waals surface area (Å²) in [5, 5.41) is 9.28. The van der Waals surface area contributed by atoms with Gasteiger partial charge in [-0.2, -0.15) is 0 Å². The summed E-state index contributed by atoms with van der Waals surface area (Å²) in [5.41, 5.74) is 8.37. The molecule has 0 aliphatic rings. The number of halogens is 1. The molecule has 0 saturated heterocycles. The Balaban J connectivity index is 2.26. The molecule has 0 spiro atoms. The number of anilines is 2. The Morgan fingerprint density at radius 2 is 1.84 bits per heavy atom. The highest BCUT2D eigenvalue weighted by molar-refractivity contribution is 7.99. The molecule has 1 unspecified atom stereocenters. The van der Waals surface area contributed by atoms with Gasteiger partial charge in [-0.3, -0.25) is 5.14 Å². The third-order valence-corrected chi connectivity index (χ3v) is 4.20. The second-order valence-electron chi connectivity index (χ2n) is 3.99. The van der Waals surface area contributed by atoms with Crippen molar-refractivity contribution < 1.29 is 4.21 Å². The molecule has 0 fully saturated rings. The van der Waals surface area contributed by atoms with Crippen LogP contribution in [-0.4, -0.2) is 9.70 Å². The fraction of sp³-hybridized carbons (Fsp3) is 0. The minimum Gasteiger partial charge on any atom is -0.399 e. The summed E-state index contributed by atoms with van der Waals surface area (Å²) in [6.45, 7) is 0. The summed E-state index contributed by atoms with van der Waals surface area (Å²) in [7, 11) is -2.77. The van der Waals surface area contributed by atoms with Crippen molar-refractivity contribution >= 4 is 38.2 Å². The summed E-state index contributed by atoms with van der Waals surface area (Å²) in [5.74, 6) is 0. The van der Waals surface area contributed by atoms with Crippen molar-refractivity contribution in [3.05, 3.63) is 53.6 Å². The molecule has 5 N–H and O–H groups in total. The fourth-order valence-corrected chi connectivity index (χ4v) is 2.63. The van der Waals surface area contributed by atoms with E-state index in [2.05, 4.69) is 5.32 Å². The van der Waals surface area contributed by atoms with Crippen LogP contribution in [0.2, 0.25) is 5.02 Å². The van der Waals surface area contributed by atoms with Gasteiger partial charge in [0.2, 0.25) is 0 Å². The molecule has 0 bridgehead atoms. The summed E-state index contributed by atoms with van der Waals surface area (Å²) in [6.07, 6.45) is 0. The predicted octanol–water partition coefficient (Wildman–Crippen LogP) is 2.31. The first-order valence-corrected chi connectivity index (χ1v) is 7.56. The molecule has 0 saturated carbocycles. The van der Waals surface area contributed by atoms with Gasteiger partial charge in [-0.25, -0.2) is 4.21 Å². The van der Waals surface area contributed by atoms with Crippen LogP contribution in [0.25, 0.3) is 0 Å². The maximum atomic E-state index is 12.3. The zero-order chi connectivity index (χ0) is 13.9. The van der Waals surface area contributed by atoms with Gasteiger partial charge in [0.1, 0.15) is 0 Å². The standard InChI is InChI=1S/C13H14ClN3OS/c14-10-4-6-13(7-5-10)19(16,18)9-17-12-3-1-2-11(15)8-12/h1-9,17H,15H2,(H2,16,18). The number of nitrogens with two attached hydrogens (primary N) is 2. The largest absolute Gasteiger partial charge is 0.399 e. The lowest BCUT2D eigenvalue weighted by Gasteiger charge is -2.07. The maximum Gasteiger partial charge on any atom is 0.0734 e. The highest BCUT2D eigenvalue weighted by Crippen LogP contribution is 2.14. The van der Waals surface area contributed by atoms with Crippen LogP contribution in [0.1, 0.15) is 0 Å². The van der Waals surface area contributed by atoms with E-state index in [1.165, 1.54) is 5.49 Å². The monoisotopic (exact) mass is 295 g/mol. The van der Waals surface area contributed by atoms with Crippen LogP contribution in [0.4, 0.5) is 11.4 Å². The summed E-state index contributed by atoms with van der Waals surface area (Å²) >= 11 is 5.78. The van der Waals surface area contributed by atoms with Crippen molar-refractivity contribution in [3.63, 3.8) is 0 Å². The van der Waals surface area contributed by atoms with E-state index in [4.69, 9.17) is 22.5 Å². The van der Waals surface area contributed by atoms with Gasteiger partial charge >= 0.3 is 0 Å². The van der Waals surface area contributed by atoms with Gasteiger partial charge < -0.3 is 11.1 Å². The predicted molar refractivity (Wildman–Crippen MR) is 82.6 cm³/mol. The molecule has 1 atom stereocenters. The average Bonchev–Trinajstić information content (AvgIpc) is 2.37. The first kappa shape index (κ1) is 13.7. The topological polar surface area (TPSA) is 81.1 Å². The van der Waals surface area contributed by atoms with Crippen molar-refractivity contribution in [2.45, 2.75) is 4.90 Å². The molecule has 19 heavy (non-hydrogen) atoms. The van der Waals surface area contributed by atoms with E-state index in [0.717, 1.165) is 5.69 Å². The summed E-state index contributed by atoms with van der Waals surface area (Å²) in [6, 6.07) is 13.7. The number of nitrogen functional groups attached to an aromatic ring is 1. The lowest BCUT2D eigenvalue weighted by atomic mass is 10.3. The van der Waals surface area contributed by atoms with Crippen molar-refractivity contribution in [1.82, 2.24) is 0 Å². The first-order chi connectivity index (χ1) is 8.97. The molecule has 100 valence electrons. The zero-order valence-corrected chi connectivity index (χ0v) is 11.6. The molecule has 2 rings (SSSR count). The third kappa shape index (κ3) is 3.64. The average molecular weight is 296 g/mol. The number of nitrogens with one attached hydrogen (secondary N) is 1. The molecule has 0 radical (unpaired) electrons. The summed E-state index contributed by atoms with van der Waals surface area (Å²) < 4.78 is 12.3. The zero-order valence-electron chi connectivity index (χ0n) is 10.0. The van der Waals surface area contributed by atoms with Gasteiger partial charge in [0.15, 0.2) is 0 Å². The Morgan fingerprint density at radius 1 is 1.16 bits per heavy atom. The van der Waals surface area contributed by atoms with Crippen molar-refractivity contribution in [3.8, 4) is 0 Å². The van der Waals surface area contributed by atoms with Crippen LogP contribution in [-0.2, 0) is 9.71 Å². The molecule has 0 aliphatic heterocycles. The van der Waals surface area contributed by atoms with Crippen LogP contribution in [0.3, 0.4) is 0 Å². The second kappa shape index (κ2) is 5.52. The van der Waals surface area contributed by atoms with Gasteiger partial charge in [-0.15, -0.1) is 0 Å². The third-order valence-electron chi connectivity index (χ3n) is 2.47. The van der Waals surface area contributed by atoms with Crippen molar-refractivity contribution in [1.29, 1.82) is 0 Å². The van der Waals surface area contributed by atoms with E-state index >= 15 is 0 Å². The Hall–Kier alpha value is -1.69. The molecule has 0 aliphatic carbocycles. The van der Waals surface area contributed by atoms with E-state index < -0.39 is 9.71 Å². The van der Waals surface area contributed by atoms with Gasteiger partial charge in [0.05, 0.1) is 15.2 Å². The van der Waals surface area contributed by atoms with E-state index in [-0.39, 0.29) is 0 Å². The lowest BCUT2D eigenvalue weighted by Crippen LogP contribution is -2.19. The van der Waals surface area contributed by atoms with E-state index in [9.17, 15) is 4.21 Å². The minimum absolute atomic E-state index is 0.508. The van der Waals surface area contributed by atoms with Gasteiger partial charge in [-0.05, 0) is 42.5 Å². The maximum absolute atomic E-state index is 12.3. The van der Waals surface area contributed by atoms with Crippen LogP contribution in [0.15, 0.2) is 53.4 Å². The highest BCUT2D eigenvalue weighted by atomic mass is 35.5. The second-order valence-corrected chi connectivity index (χ2v) is 6.43. The van der Waals surface area contributed by atoms with Crippen LogP contribution in [0.5, 0.6) is 0 Å². The van der Waals surface area contributed by atoms with Crippen molar-refractivity contribution in [2.24, 2.45) is 5.14 Å². The molecule has 4 nitrogen and oxygen atoms in total. The Morgan fingerprint density at radius 3 is 2.47 bits per heavy atom. The van der Waals surface area contributed by atoms with Crippen molar-refractivity contribution in [2.75, 3.05) is 11.1 Å². The van der Waals surface area contributed by atoms with Crippen LogP contribution in [0, 0.1) is 0 Å². The van der Waals surface area contributed by atoms with Gasteiger partial charge in [0.25, 0.3) is 0 Å². The van der Waals surface area contributed by atoms with E-state index in [1.54, 1.807) is 42.5 Å². The Bertz CT molecular complexity index is 691. The van der Waals surface area contributed by atoms with Crippen LogP contribution < -0.4 is 16.2 Å². The molecular weight excluding hydrogens is 282 g/mol. The molecule has 2 aromatic carbocycles. The Labute approximate surface area is 117 Å². The normalized spacial score (nSPS) is 13.6. The minimum atomic E-state index is -2.77. The molecule has 0 aromatic heterocycles. The molecule has 2 aromatic rings. The van der Waals surface area contributed by atoms with E-state index in [0.29, 0.717) is 15.6 Å². The smallest absolute Gasteiger partial charge is 0.0734 e. The van der Waals surface area contributed by atoms with Gasteiger partial charge in [0, 0.05) is 21.3 Å². The summed E-state index contributed by atoms with van der Waals surface area (Å²) in [4.78, 5) is 0.508. The first-order valence-electron chi connectivity index (χ1n) is 5.50.